The van der Waals surface area contributed by atoms with E-state index in [-0.39, 0.29) is 18.3 Å². The Morgan fingerprint density at radius 1 is 1.56 bits per heavy atom. The molecule has 0 saturated carbocycles. The van der Waals surface area contributed by atoms with Crippen LogP contribution in [0, 0.1) is 11.7 Å². The van der Waals surface area contributed by atoms with E-state index >= 15 is 0 Å². The summed E-state index contributed by atoms with van der Waals surface area (Å²) >= 11 is 0. The van der Waals surface area contributed by atoms with Gasteiger partial charge in [0.1, 0.15) is 18.2 Å². The molecule has 2 unspecified atom stereocenters. The molecule has 0 spiro atoms. The van der Waals surface area contributed by atoms with E-state index in [4.69, 9.17) is 4.74 Å². The van der Waals surface area contributed by atoms with Crippen LogP contribution in [0.15, 0.2) is 24.3 Å². The first-order valence-electron chi connectivity index (χ1n) is 5.53. The van der Waals surface area contributed by atoms with Crippen molar-refractivity contribution in [2.24, 2.45) is 5.92 Å². The predicted molar refractivity (Wildman–Crippen MR) is 58.9 cm³/mol. The minimum Gasteiger partial charge on any atom is -0.491 e. The van der Waals surface area contributed by atoms with E-state index in [1.807, 2.05) is 0 Å². The Bertz CT molecular complexity index is 340. The largest absolute Gasteiger partial charge is 0.491 e. The van der Waals surface area contributed by atoms with E-state index in [0.29, 0.717) is 5.75 Å². The zero-order valence-electron chi connectivity index (χ0n) is 9.03. The van der Waals surface area contributed by atoms with E-state index in [1.54, 1.807) is 12.1 Å². The first kappa shape index (κ1) is 11.4. The lowest BCUT2D eigenvalue weighted by Gasteiger charge is -2.17. The van der Waals surface area contributed by atoms with Crippen molar-refractivity contribution < 1.29 is 14.2 Å². The number of rotatable bonds is 4. The molecule has 0 aliphatic carbocycles. The Morgan fingerprint density at radius 3 is 3.12 bits per heavy atom. The molecule has 1 heterocycles. The van der Waals surface area contributed by atoms with Crippen LogP contribution < -0.4 is 10.1 Å². The summed E-state index contributed by atoms with van der Waals surface area (Å²) in [6.07, 6.45) is 0.478. The summed E-state index contributed by atoms with van der Waals surface area (Å²) in [7, 11) is 0. The highest BCUT2D eigenvalue weighted by Gasteiger charge is 2.23. The van der Waals surface area contributed by atoms with Gasteiger partial charge < -0.3 is 15.2 Å². The van der Waals surface area contributed by atoms with Gasteiger partial charge in [0.05, 0.1) is 6.10 Å². The van der Waals surface area contributed by atoms with Crippen molar-refractivity contribution in [2.45, 2.75) is 12.5 Å². The number of hydrogen-bond acceptors (Lipinski definition) is 3. The number of hydrogen-bond donors (Lipinski definition) is 2. The van der Waals surface area contributed by atoms with Gasteiger partial charge in [0, 0.05) is 18.5 Å². The van der Waals surface area contributed by atoms with Gasteiger partial charge in [-0.05, 0) is 25.1 Å². The minimum atomic E-state index is -0.488. The summed E-state index contributed by atoms with van der Waals surface area (Å²) in [6, 6.07) is 5.96. The average Bonchev–Trinajstić information content (AvgIpc) is 2.79. The van der Waals surface area contributed by atoms with Gasteiger partial charge >= 0.3 is 0 Å². The molecule has 4 heteroatoms. The third kappa shape index (κ3) is 2.93. The Kier molecular flexibility index (Phi) is 3.74. The standard InChI is InChI=1S/C12H16FNO2/c13-10-2-1-3-11(6-10)16-8-12(15)9-4-5-14-7-9/h1-3,6,9,12,14-15H,4-5,7-8H2. The van der Waals surface area contributed by atoms with Crippen LogP contribution >= 0.6 is 0 Å². The third-order valence-electron chi connectivity index (χ3n) is 2.86. The molecule has 16 heavy (non-hydrogen) atoms. The van der Waals surface area contributed by atoms with Crippen molar-refractivity contribution in [3.63, 3.8) is 0 Å². The van der Waals surface area contributed by atoms with E-state index in [2.05, 4.69) is 5.32 Å². The maximum atomic E-state index is 12.8. The van der Waals surface area contributed by atoms with Crippen molar-refractivity contribution >= 4 is 0 Å². The fourth-order valence-electron chi connectivity index (χ4n) is 1.88. The molecule has 2 N–H and O–H groups in total. The molecule has 1 fully saturated rings. The molecule has 1 aromatic rings. The van der Waals surface area contributed by atoms with Crippen LogP contribution in [0.5, 0.6) is 5.75 Å². The van der Waals surface area contributed by atoms with Crippen LogP contribution in [0.3, 0.4) is 0 Å². The normalized spacial score (nSPS) is 22.0. The van der Waals surface area contributed by atoms with E-state index in [9.17, 15) is 9.50 Å². The van der Waals surface area contributed by atoms with Gasteiger partial charge in [-0.15, -0.1) is 0 Å². The molecular formula is C12H16FNO2. The number of nitrogens with one attached hydrogen (secondary N) is 1. The highest BCUT2D eigenvalue weighted by atomic mass is 19.1. The van der Waals surface area contributed by atoms with Crippen molar-refractivity contribution in [2.75, 3.05) is 19.7 Å². The van der Waals surface area contributed by atoms with Crippen molar-refractivity contribution in [1.29, 1.82) is 0 Å². The van der Waals surface area contributed by atoms with Crippen LogP contribution in [0.2, 0.25) is 0 Å². The topological polar surface area (TPSA) is 41.5 Å². The smallest absolute Gasteiger partial charge is 0.126 e. The lowest BCUT2D eigenvalue weighted by molar-refractivity contribution is 0.0639. The molecule has 1 aromatic carbocycles. The van der Waals surface area contributed by atoms with Crippen LogP contribution in [0.1, 0.15) is 6.42 Å². The molecule has 1 aliphatic heterocycles. The quantitative estimate of drug-likeness (QED) is 0.808. The molecule has 2 rings (SSSR count). The fraction of sp³-hybridized carbons (Fsp3) is 0.500. The number of halogens is 1. The van der Waals surface area contributed by atoms with Gasteiger partial charge in [-0.2, -0.15) is 0 Å². The van der Waals surface area contributed by atoms with Crippen LogP contribution in [0.4, 0.5) is 4.39 Å². The Hall–Kier alpha value is -1.13. The van der Waals surface area contributed by atoms with E-state index in [0.717, 1.165) is 19.5 Å². The molecule has 0 aromatic heterocycles. The van der Waals surface area contributed by atoms with Crippen molar-refractivity contribution in [3.8, 4) is 5.75 Å². The second-order valence-electron chi connectivity index (χ2n) is 4.09. The van der Waals surface area contributed by atoms with Gasteiger partial charge in [0.2, 0.25) is 0 Å². The van der Waals surface area contributed by atoms with Crippen LogP contribution in [-0.2, 0) is 0 Å². The molecule has 1 aliphatic rings. The minimum absolute atomic E-state index is 0.218. The van der Waals surface area contributed by atoms with E-state index in [1.165, 1.54) is 12.1 Å². The molecule has 1 saturated heterocycles. The van der Waals surface area contributed by atoms with Gasteiger partial charge in [-0.3, -0.25) is 0 Å². The number of ether oxygens (including phenoxy) is 1. The number of aliphatic hydroxyl groups is 1. The summed E-state index contributed by atoms with van der Waals surface area (Å²) in [5, 5.41) is 13.0. The highest BCUT2D eigenvalue weighted by Crippen LogP contribution is 2.16. The molecule has 2 atom stereocenters. The molecule has 88 valence electrons. The average molecular weight is 225 g/mol. The van der Waals surface area contributed by atoms with Crippen LogP contribution in [0.25, 0.3) is 0 Å². The second kappa shape index (κ2) is 5.27. The van der Waals surface area contributed by atoms with Crippen LogP contribution in [-0.4, -0.2) is 30.9 Å². The summed E-state index contributed by atoms with van der Waals surface area (Å²) in [5.74, 6) is 0.382. The number of aliphatic hydroxyl groups excluding tert-OH is 1. The Balaban J connectivity index is 1.82. The predicted octanol–water partition coefficient (Wildman–Crippen LogP) is 1.17. The SMILES string of the molecule is OC(COc1cccc(F)c1)C1CCNC1. The Morgan fingerprint density at radius 2 is 2.44 bits per heavy atom. The van der Waals surface area contributed by atoms with Gasteiger partial charge in [0.25, 0.3) is 0 Å². The summed E-state index contributed by atoms with van der Waals surface area (Å²) in [5.41, 5.74) is 0. The zero-order valence-corrected chi connectivity index (χ0v) is 9.03. The molecule has 0 amide bonds. The van der Waals surface area contributed by atoms with Gasteiger partial charge in [-0.25, -0.2) is 4.39 Å². The first-order chi connectivity index (χ1) is 7.75. The Labute approximate surface area is 94.2 Å². The number of benzene rings is 1. The molecule has 0 radical (unpaired) electrons. The lowest BCUT2D eigenvalue weighted by atomic mass is 10.0. The van der Waals surface area contributed by atoms with Gasteiger partial charge in [0.15, 0.2) is 0 Å². The van der Waals surface area contributed by atoms with Crippen molar-refractivity contribution in [1.82, 2.24) is 5.32 Å². The molecule has 3 nitrogen and oxygen atoms in total. The monoisotopic (exact) mass is 225 g/mol. The second-order valence-corrected chi connectivity index (χ2v) is 4.09. The maximum Gasteiger partial charge on any atom is 0.126 e. The maximum absolute atomic E-state index is 12.8. The van der Waals surface area contributed by atoms with Gasteiger partial charge in [-0.1, -0.05) is 6.07 Å². The molecular weight excluding hydrogens is 209 g/mol. The fourth-order valence-corrected chi connectivity index (χ4v) is 1.88. The summed E-state index contributed by atoms with van der Waals surface area (Å²) in [4.78, 5) is 0. The lowest BCUT2D eigenvalue weighted by Crippen LogP contribution is -2.28. The third-order valence-corrected chi connectivity index (χ3v) is 2.86. The van der Waals surface area contributed by atoms with E-state index < -0.39 is 6.10 Å². The van der Waals surface area contributed by atoms with Crippen molar-refractivity contribution in [3.05, 3.63) is 30.1 Å². The first-order valence-corrected chi connectivity index (χ1v) is 5.53. The summed E-state index contributed by atoms with van der Waals surface area (Å²) in [6.45, 7) is 1.99. The molecule has 0 bridgehead atoms. The highest BCUT2D eigenvalue weighted by molar-refractivity contribution is 5.22. The summed E-state index contributed by atoms with van der Waals surface area (Å²) < 4.78 is 18.2. The zero-order chi connectivity index (χ0) is 11.4.